The molecule has 0 atom stereocenters. The molecule has 0 fully saturated rings. The third-order valence-electron chi connectivity index (χ3n) is 2.40. The SMILES string of the molecule is COC(=O)Cc1ccccc1CC(C)(C)C. The number of esters is 1. The number of carbonyl (C=O) groups excluding carboxylic acids is 1. The molecule has 1 aromatic carbocycles. The van der Waals surface area contributed by atoms with E-state index in [1.165, 1.54) is 12.7 Å². The van der Waals surface area contributed by atoms with E-state index < -0.39 is 0 Å². The van der Waals surface area contributed by atoms with Crippen LogP contribution >= 0.6 is 0 Å². The maximum Gasteiger partial charge on any atom is 0.309 e. The fourth-order valence-corrected chi connectivity index (χ4v) is 1.70. The first-order valence-electron chi connectivity index (χ1n) is 5.56. The van der Waals surface area contributed by atoms with Gasteiger partial charge in [-0.25, -0.2) is 0 Å². The van der Waals surface area contributed by atoms with Gasteiger partial charge in [0.05, 0.1) is 13.5 Å². The molecule has 0 unspecified atom stereocenters. The highest BCUT2D eigenvalue weighted by Crippen LogP contribution is 2.23. The van der Waals surface area contributed by atoms with Crippen LogP contribution in [0.3, 0.4) is 0 Å². The van der Waals surface area contributed by atoms with E-state index in [9.17, 15) is 4.79 Å². The summed E-state index contributed by atoms with van der Waals surface area (Å²) in [4.78, 5) is 11.3. The Morgan fingerprint density at radius 3 is 2.25 bits per heavy atom. The van der Waals surface area contributed by atoms with Crippen molar-refractivity contribution >= 4 is 5.97 Å². The third-order valence-corrected chi connectivity index (χ3v) is 2.40. The predicted octanol–water partition coefficient (Wildman–Crippen LogP) is 2.99. The number of ether oxygens (including phenoxy) is 1. The molecule has 0 aliphatic rings. The van der Waals surface area contributed by atoms with Crippen LogP contribution in [0, 0.1) is 5.41 Å². The number of benzene rings is 1. The topological polar surface area (TPSA) is 26.3 Å². The second-order valence-corrected chi connectivity index (χ2v) is 5.26. The Labute approximate surface area is 97.6 Å². The highest BCUT2D eigenvalue weighted by atomic mass is 16.5. The molecule has 0 spiro atoms. The van der Waals surface area contributed by atoms with E-state index in [1.54, 1.807) is 0 Å². The molecule has 0 amide bonds. The third kappa shape index (κ3) is 4.05. The Morgan fingerprint density at radius 2 is 1.75 bits per heavy atom. The van der Waals surface area contributed by atoms with E-state index in [4.69, 9.17) is 4.74 Å². The second-order valence-electron chi connectivity index (χ2n) is 5.26. The Kier molecular flexibility index (Phi) is 4.11. The Morgan fingerprint density at radius 1 is 1.19 bits per heavy atom. The molecule has 0 saturated carbocycles. The lowest BCUT2D eigenvalue weighted by atomic mass is 9.86. The minimum Gasteiger partial charge on any atom is -0.469 e. The normalized spacial score (nSPS) is 11.2. The van der Waals surface area contributed by atoms with E-state index in [-0.39, 0.29) is 11.4 Å². The van der Waals surface area contributed by atoms with Gasteiger partial charge < -0.3 is 4.74 Å². The van der Waals surface area contributed by atoms with E-state index in [0.29, 0.717) is 6.42 Å². The van der Waals surface area contributed by atoms with Crippen LogP contribution in [0.25, 0.3) is 0 Å². The predicted molar refractivity (Wildman–Crippen MR) is 65.3 cm³/mol. The van der Waals surface area contributed by atoms with Gasteiger partial charge in [0.2, 0.25) is 0 Å². The van der Waals surface area contributed by atoms with Crippen molar-refractivity contribution in [2.75, 3.05) is 7.11 Å². The second kappa shape index (κ2) is 5.15. The molecule has 1 rings (SSSR count). The number of rotatable bonds is 3. The minimum absolute atomic E-state index is 0.179. The quantitative estimate of drug-likeness (QED) is 0.732. The first kappa shape index (κ1) is 12.8. The van der Waals surface area contributed by atoms with Gasteiger partial charge in [0, 0.05) is 0 Å². The van der Waals surface area contributed by atoms with E-state index >= 15 is 0 Å². The van der Waals surface area contributed by atoms with Crippen LogP contribution < -0.4 is 0 Å². The average Bonchev–Trinajstić information content (AvgIpc) is 2.18. The summed E-state index contributed by atoms with van der Waals surface area (Å²) >= 11 is 0. The van der Waals surface area contributed by atoms with E-state index in [1.807, 2.05) is 18.2 Å². The first-order chi connectivity index (χ1) is 7.42. The lowest BCUT2D eigenvalue weighted by Gasteiger charge is -2.20. The summed E-state index contributed by atoms with van der Waals surface area (Å²) in [6.07, 6.45) is 1.34. The average molecular weight is 220 g/mol. The van der Waals surface area contributed by atoms with Gasteiger partial charge in [0.25, 0.3) is 0 Å². The fourth-order valence-electron chi connectivity index (χ4n) is 1.70. The molecule has 0 bridgehead atoms. The van der Waals surface area contributed by atoms with Gasteiger partial charge in [-0.1, -0.05) is 45.0 Å². The van der Waals surface area contributed by atoms with Gasteiger partial charge in [-0.15, -0.1) is 0 Å². The summed E-state index contributed by atoms with van der Waals surface area (Å²) in [7, 11) is 1.43. The van der Waals surface area contributed by atoms with Gasteiger partial charge in [-0.2, -0.15) is 0 Å². The van der Waals surface area contributed by atoms with Crippen LogP contribution in [-0.4, -0.2) is 13.1 Å². The van der Waals surface area contributed by atoms with E-state index in [2.05, 4.69) is 26.8 Å². The van der Waals surface area contributed by atoms with Crippen molar-refractivity contribution in [1.82, 2.24) is 0 Å². The van der Waals surface area contributed by atoms with Gasteiger partial charge in [0.1, 0.15) is 0 Å². The Balaban J connectivity index is 2.87. The fraction of sp³-hybridized carbons (Fsp3) is 0.500. The van der Waals surface area contributed by atoms with Crippen molar-refractivity contribution in [3.8, 4) is 0 Å². The summed E-state index contributed by atoms with van der Waals surface area (Å²) in [5.74, 6) is -0.179. The highest BCUT2D eigenvalue weighted by Gasteiger charge is 2.15. The lowest BCUT2D eigenvalue weighted by molar-refractivity contribution is -0.139. The van der Waals surface area contributed by atoms with Crippen molar-refractivity contribution in [3.63, 3.8) is 0 Å². The summed E-state index contributed by atoms with van der Waals surface area (Å²) in [6.45, 7) is 6.59. The monoisotopic (exact) mass is 220 g/mol. The minimum atomic E-state index is -0.179. The molecule has 0 heterocycles. The van der Waals surface area contributed by atoms with Gasteiger partial charge in [-0.3, -0.25) is 4.79 Å². The molecule has 0 N–H and O–H groups in total. The standard InChI is InChI=1S/C14H20O2/c1-14(2,3)10-12-8-6-5-7-11(12)9-13(15)16-4/h5-8H,9-10H2,1-4H3. The van der Waals surface area contributed by atoms with Gasteiger partial charge in [0.15, 0.2) is 0 Å². The Hall–Kier alpha value is -1.31. The van der Waals surface area contributed by atoms with Crippen LogP contribution in [0.4, 0.5) is 0 Å². The van der Waals surface area contributed by atoms with Crippen LogP contribution in [0.1, 0.15) is 31.9 Å². The van der Waals surface area contributed by atoms with Crippen molar-refractivity contribution in [1.29, 1.82) is 0 Å². The number of hydrogen-bond acceptors (Lipinski definition) is 2. The number of methoxy groups -OCH3 is 1. The summed E-state index contributed by atoms with van der Waals surface area (Å²) in [5, 5.41) is 0. The van der Waals surface area contributed by atoms with Gasteiger partial charge >= 0.3 is 5.97 Å². The summed E-state index contributed by atoms with van der Waals surface area (Å²) < 4.78 is 4.70. The molecule has 2 heteroatoms. The molecule has 1 aromatic rings. The number of hydrogen-bond donors (Lipinski definition) is 0. The largest absolute Gasteiger partial charge is 0.469 e. The lowest BCUT2D eigenvalue weighted by Crippen LogP contribution is -2.13. The number of carbonyl (C=O) groups is 1. The molecule has 0 aromatic heterocycles. The molecule has 0 aliphatic heterocycles. The molecule has 0 radical (unpaired) electrons. The van der Waals surface area contributed by atoms with Gasteiger partial charge in [-0.05, 0) is 23.0 Å². The van der Waals surface area contributed by atoms with Crippen LogP contribution in [-0.2, 0) is 22.4 Å². The molecule has 88 valence electrons. The zero-order chi connectivity index (χ0) is 12.2. The van der Waals surface area contributed by atoms with E-state index in [0.717, 1.165) is 12.0 Å². The smallest absolute Gasteiger partial charge is 0.309 e. The maximum atomic E-state index is 11.3. The summed E-state index contributed by atoms with van der Waals surface area (Å²) in [6, 6.07) is 8.06. The zero-order valence-corrected chi connectivity index (χ0v) is 10.5. The first-order valence-corrected chi connectivity index (χ1v) is 5.56. The van der Waals surface area contributed by atoms with Crippen molar-refractivity contribution in [2.24, 2.45) is 5.41 Å². The molecular weight excluding hydrogens is 200 g/mol. The highest BCUT2D eigenvalue weighted by molar-refractivity contribution is 5.72. The molecule has 0 aliphatic carbocycles. The van der Waals surface area contributed by atoms with Crippen molar-refractivity contribution in [2.45, 2.75) is 33.6 Å². The maximum absolute atomic E-state index is 11.3. The van der Waals surface area contributed by atoms with Crippen molar-refractivity contribution in [3.05, 3.63) is 35.4 Å². The van der Waals surface area contributed by atoms with Crippen LogP contribution in [0.5, 0.6) is 0 Å². The zero-order valence-electron chi connectivity index (χ0n) is 10.5. The molecule has 16 heavy (non-hydrogen) atoms. The summed E-state index contributed by atoms with van der Waals surface area (Å²) in [5.41, 5.74) is 2.54. The molecular formula is C14H20O2. The Bertz CT molecular complexity index is 361. The molecule has 2 nitrogen and oxygen atoms in total. The molecule has 0 saturated heterocycles. The van der Waals surface area contributed by atoms with Crippen molar-refractivity contribution < 1.29 is 9.53 Å². The van der Waals surface area contributed by atoms with Crippen LogP contribution in [0.2, 0.25) is 0 Å². The van der Waals surface area contributed by atoms with Crippen LogP contribution in [0.15, 0.2) is 24.3 Å².